The summed E-state index contributed by atoms with van der Waals surface area (Å²) in [4.78, 5) is 44.5. The maximum absolute atomic E-state index is 13.7. The van der Waals surface area contributed by atoms with Crippen molar-refractivity contribution in [3.05, 3.63) is 84.8 Å². The molecule has 0 bridgehead atoms. The molecule has 2 aromatic carbocycles. The zero-order chi connectivity index (χ0) is 29.1. The Morgan fingerprint density at radius 1 is 0.875 bits per heavy atom. The molecular formula is C30H34N4O5S. The Morgan fingerprint density at radius 3 is 1.88 bits per heavy atom. The quantitative estimate of drug-likeness (QED) is 0.416. The Morgan fingerprint density at radius 2 is 1.38 bits per heavy atom. The summed E-state index contributed by atoms with van der Waals surface area (Å²) in [6.45, 7) is 3.61. The number of anilines is 2. The molecule has 0 amide bonds. The van der Waals surface area contributed by atoms with E-state index in [1.165, 1.54) is 4.57 Å². The lowest BCUT2D eigenvalue weighted by Crippen LogP contribution is -2.42. The second-order valence-electron chi connectivity index (χ2n) is 9.61. The zero-order valence-corrected chi connectivity index (χ0v) is 24.4. The lowest BCUT2D eigenvalue weighted by atomic mass is 9.83. The first kappa shape index (κ1) is 28.7. The van der Waals surface area contributed by atoms with Crippen LogP contribution < -0.4 is 30.3 Å². The van der Waals surface area contributed by atoms with Gasteiger partial charge in [0.25, 0.3) is 5.56 Å². The molecule has 2 N–H and O–H groups in total. The van der Waals surface area contributed by atoms with Gasteiger partial charge in [-0.3, -0.25) is 9.36 Å². The number of thiazole rings is 1. The van der Waals surface area contributed by atoms with Gasteiger partial charge < -0.3 is 25.0 Å². The SMILES string of the molecule is CCOC(=O)C1=C(N)n2c(s/c(=C/c3ccc(N(C)C)cc3)c2=O)=C(C(=O)OCC)[C@@H]1c1ccc(N(C)C)cc1. The molecular weight excluding hydrogens is 528 g/mol. The normalized spacial score (nSPS) is 15.1. The molecule has 4 rings (SSSR count). The Balaban J connectivity index is 2.04. The van der Waals surface area contributed by atoms with Crippen LogP contribution in [0.3, 0.4) is 0 Å². The largest absolute Gasteiger partial charge is 0.463 e. The van der Waals surface area contributed by atoms with E-state index < -0.39 is 23.4 Å². The van der Waals surface area contributed by atoms with Crippen molar-refractivity contribution < 1.29 is 19.1 Å². The monoisotopic (exact) mass is 562 g/mol. The highest BCUT2D eigenvalue weighted by molar-refractivity contribution is 7.07. The van der Waals surface area contributed by atoms with E-state index in [0.717, 1.165) is 28.3 Å². The van der Waals surface area contributed by atoms with E-state index in [4.69, 9.17) is 15.2 Å². The molecule has 0 fully saturated rings. The van der Waals surface area contributed by atoms with Crippen LogP contribution in [0.25, 0.3) is 17.5 Å². The van der Waals surface area contributed by atoms with Gasteiger partial charge in [-0.25, -0.2) is 9.59 Å². The fourth-order valence-corrected chi connectivity index (χ4v) is 5.75. The van der Waals surface area contributed by atoms with Gasteiger partial charge in [-0.1, -0.05) is 24.3 Å². The highest BCUT2D eigenvalue weighted by Gasteiger charge is 2.40. The average molecular weight is 563 g/mol. The van der Waals surface area contributed by atoms with E-state index >= 15 is 0 Å². The van der Waals surface area contributed by atoms with Crippen LogP contribution in [-0.2, 0) is 19.1 Å². The van der Waals surface area contributed by atoms with Crippen LogP contribution in [-0.4, -0.2) is 57.9 Å². The maximum Gasteiger partial charge on any atom is 0.338 e. The van der Waals surface area contributed by atoms with Crippen LogP contribution in [0.15, 0.2) is 58.9 Å². The zero-order valence-electron chi connectivity index (χ0n) is 23.6. The number of carbonyl (C=O) groups is 2. The molecule has 40 heavy (non-hydrogen) atoms. The molecule has 1 aromatic heterocycles. The van der Waals surface area contributed by atoms with Crippen LogP contribution in [0.1, 0.15) is 30.9 Å². The molecule has 0 saturated carbocycles. The summed E-state index contributed by atoms with van der Waals surface area (Å²) in [6.07, 6.45) is 1.75. The third kappa shape index (κ3) is 5.40. The number of ether oxygens (including phenoxy) is 2. The molecule has 3 aromatic rings. The minimum atomic E-state index is -0.889. The van der Waals surface area contributed by atoms with Gasteiger partial charge in [-0.05, 0) is 55.3 Å². The number of carbonyl (C=O) groups excluding carboxylic acids is 2. The van der Waals surface area contributed by atoms with Crippen LogP contribution in [0, 0.1) is 0 Å². The van der Waals surface area contributed by atoms with Gasteiger partial charge in [0.15, 0.2) is 0 Å². The predicted octanol–water partition coefficient (Wildman–Crippen LogP) is 2.07. The highest BCUT2D eigenvalue weighted by atomic mass is 32.1. The van der Waals surface area contributed by atoms with E-state index in [2.05, 4.69) is 0 Å². The number of esters is 2. The molecule has 9 nitrogen and oxygen atoms in total. The molecule has 1 aliphatic rings. The fourth-order valence-electron chi connectivity index (χ4n) is 4.58. The van der Waals surface area contributed by atoms with Crippen molar-refractivity contribution in [1.29, 1.82) is 0 Å². The van der Waals surface area contributed by atoms with Gasteiger partial charge >= 0.3 is 11.9 Å². The minimum Gasteiger partial charge on any atom is -0.463 e. The molecule has 0 saturated heterocycles. The smallest absolute Gasteiger partial charge is 0.338 e. The van der Waals surface area contributed by atoms with E-state index in [1.54, 1.807) is 19.9 Å². The van der Waals surface area contributed by atoms with Crippen molar-refractivity contribution >= 4 is 52.1 Å². The van der Waals surface area contributed by atoms with E-state index in [-0.39, 0.29) is 30.2 Å². The van der Waals surface area contributed by atoms with Gasteiger partial charge in [0.1, 0.15) is 10.5 Å². The fraction of sp³-hybridized carbons (Fsp3) is 0.300. The predicted molar refractivity (Wildman–Crippen MR) is 160 cm³/mol. The third-order valence-electron chi connectivity index (χ3n) is 6.59. The summed E-state index contributed by atoms with van der Waals surface area (Å²) in [5.41, 5.74) is 9.76. The maximum atomic E-state index is 13.7. The van der Waals surface area contributed by atoms with Crippen LogP contribution >= 0.6 is 11.3 Å². The van der Waals surface area contributed by atoms with Gasteiger partial charge in [0.2, 0.25) is 0 Å². The molecule has 10 heteroatoms. The Bertz CT molecular complexity index is 1630. The van der Waals surface area contributed by atoms with Crippen molar-refractivity contribution in [2.45, 2.75) is 19.8 Å². The first-order chi connectivity index (χ1) is 19.1. The van der Waals surface area contributed by atoms with Crippen LogP contribution in [0.2, 0.25) is 0 Å². The Labute approximate surface area is 237 Å². The summed E-state index contributed by atoms with van der Waals surface area (Å²) in [5.74, 6) is -2.28. The van der Waals surface area contributed by atoms with Crippen molar-refractivity contribution in [2.24, 2.45) is 5.73 Å². The number of fused-ring (bicyclic) bond motifs is 1. The van der Waals surface area contributed by atoms with Gasteiger partial charge in [-0.15, -0.1) is 11.3 Å². The first-order valence-electron chi connectivity index (χ1n) is 13.0. The minimum absolute atomic E-state index is 0.0248. The summed E-state index contributed by atoms with van der Waals surface area (Å²) in [6, 6.07) is 15.2. The molecule has 2 heterocycles. The second kappa shape index (κ2) is 11.8. The number of aromatic nitrogens is 1. The summed E-state index contributed by atoms with van der Waals surface area (Å²) in [5, 5.41) is 0. The summed E-state index contributed by atoms with van der Waals surface area (Å²) in [7, 11) is 7.74. The molecule has 1 aliphatic heterocycles. The molecule has 0 spiro atoms. The third-order valence-corrected chi connectivity index (χ3v) is 7.70. The number of hydrogen-bond donors (Lipinski definition) is 1. The molecule has 0 radical (unpaired) electrons. The number of rotatable bonds is 8. The lowest BCUT2D eigenvalue weighted by Gasteiger charge is -2.27. The van der Waals surface area contributed by atoms with E-state index in [1.807, 2.05) is 86.5 Å². The van der Waals surface area contributed by atoms with Gasteiger partial charge in [0, 0.05) is 39.6 Å². The van der Waals surface area contributed by atoms with Crippen LogP contribution in [0.5, 0.6) is 0 Å². The molecule has 1 atom stereocenters. The first-order valence-corrected chi connectivity index (χ1v) is 13.8. The summed E-state index contributed by atoms with van der Waals surface area (Å²) >= 11 is 1.14. The number of benzene rings is 2. The molecule has 210 valence electrons. The molecule has 0 aliphatic carbocycles. The average Bonchev–Trinajstić information content (AvgIpc) is 3.24. The van der Waals surface area contributed by atoms with Crippen molar-refractivity contribution in [2.75, 3.05) is 51.2 Å². The lowest BCUT2D eigenvalue weighted by molar-refractivity contribution is -0.138. The standard InChI is InChI=1S/C30H34N4O5S/c1-7-38-29(36)24-23(19-11-15-21(16-12-19)33(5)6)25(30(37)39-8-2)28-34(26(24)31)27(35)22(40-28)17-18-9-13-20(14-10-18)32(3)4/h9-17,23H,7-8,31H2,1-6H3/b22-17+/t23-/m1/s1. The van der Waals surface area contributed by atoms with Crippen molar-refractivity contribution in [3.63, 3.8) is 0 Å². The Hall–Kier alpha value is -4.31. The second-order valence-corrected chi connectivity index (χ2v) is 10.6. The Kier molecular flexibility index (Phi) is 8.49. The van der Waals surface area contributed by atoms with Crippen molar-refractivity contribution in [1.82, 2.24) is 4.57 Å². The number of nitrogens with zero attached hydrogens (tertiary/aromatic N) is 3. The summed E-state index contributed by atoms with van der Waals surface area (Å²) < 4.78 is 12.7. The number of nitrogens with two attached hydrogens (primary N) is 1. The van der Waals surface area contributed by atoms with E-state index in [0.29, 0.717) is 14.8 Å². The van der Waals surface area contributed by atoms with Crippen LogP contribution in [0.4, 0.5) is 11.4 Å². The van der Waals surface area contributed by atoms with Gasteiger partial charge in [-0.2, -0.15) is 0 Å². The highest BCUT2D eigenvalue weighted by Crippen LogP contribution is 2.38. The van der Waals surface area contributed by atoms with Crippen molar-refractivity contribution in [3.8, 4) is 0 Å². The topological polar surface area (TPSA) is 107 Å². The number of hydrogen-bond acceptors (Lipinski definition) is 9. The van der Waals surface area contributed by atoms with Gasteiger partial charge in [0.05, 0.1) is 34.8 Å². The van der Waals surface area contributed by atoms with E-state index in [9.17, 15) is 14.4 Å². The molecule has 0 unspecified atom stereocenters.